The number of thioether (sulfide) groups is 1. The molecule has 0 bridgehead atoms. The summed E-state index contributed by atoms with van der Waals surface area (Å²) in [5.41, 5.74) is -0.381. The Bertz CT molecular complexity index is 958. The molecule has 2 aromatic rings. The Kier molecular flexibility index (Phi) is 5.14. The van der Waals surface area contributed by atoms with Crippen LogP contribution in [-0.2, 0) is 11.3 Å². The molecular weight excluding hydrogens is 348 g/mol. The standard InChI is InChI=1S/C19H20N4O2S/c1-3-10-23-17(25)14-6-4-5-7-15(14)21-18(23)26-11-16(24)22-19(2,12-20)13-8-9-13/h3-7,13H,1,8-11H2,2H3,(H,22,24)/t19-/m0/s1. The molecular formula is C19H20N4O2S. The van der Waals surface area contributed by atoms with Crippen molar-refractivity contribution in [2.45, 2.75) is 37.0 Å². The molecule has 1 atom stereocenters. The monoisotopic (exact) mass is 368 g/mol. The van der Waals surface area contributed by atoms with Gasteiger partial charge in [-0.25, -0.2) is 4.98 Å². The summed E-state index contributed by atoms with van der Waals surface area (Å²) >= 11 is 1.19. The SMILES string of the molecule is C=CCn1c(SCC(=O)N[C@@](C)(C#N)C2CC2)nc2ccccc2c1=O. The van der Waals surface area contributed by atoms with Gasteiger partial charge in [-0.3, -0.25) is 14.2 Å². The maximum absolute atomic E-state index is 12.7. The number of amides is 1. The van der Waals surface area contributed by atoms with Crippen molar-refractivity contribution in [1.82, 2.24) is 14.9 Å². The zero-order chi connectivity index (χ0) is 18.7. The fraction of sp³-hybridized carbons (Fsp3) is 0.368. The van der Waals surface area contributed by atoms with Crippen LogP contribution in [0.25, 0.3) is 10.9 Å². The van der Waals surface area contributed by atoms with Gasteiger partial charge in [0.1, 0.15) is 5.54 Å². The fourth-order valence-corrected chi connectivity index (χ4v) is 3.69. The van der Waals surface area contributed by atoms with Crippen molar-refractivity contribution in [2.24, 2.45) is 5.92 Å². The largest absolute Gasteiger partial charge is 0.337 e. The van der Waals surface area contributed by atoms with Gasteiger partial charge in [0.25, 0.3) is 5.56 Å². The number of hydrogen-bond donors (Lipinski definition) is 1. The minimum atomic E-state index is -0.824. The summed E-state index contributed by atoms with van der Waals surface area (Å²) < 4.78 is 1.51. The van der Waals surface area contributed by atoms with Crippen molar-refractivity contribution in [3.8, 4) is 6.07 Å². The summed E-state index contributed by atoms with van der Waals surface area (Å²) in [5, 5.41) is 13.2. The highest BCUT2D eigenvalue weighted by Gasteiger charge is 2.42. The molecule has 1 aromatic heterocycles. The molecule has 0 spiro atoms. The number of allylic oxidation sites excluding steroid dienone is 1. The Morgan fingerprint density at radius 2 is 2.27 bits per heavy atom. The molecule has 0 saturated heterocycles. The summed E-state index contributed by atoms with van der Waals surface area (Å²) in [6, 6.07) is 9.34. The van der Waals surface area contributed by atoms with Crippen LogP contribution < -0.4 is 10.9 Å². The molecule has 0 unspecified atom stereocenters. The van der Waals surface area contributed by atoms with Gasteiger partial charge in [-0.1, -0.05) is 30.0 Å². The van der Waals surface area contributed by atoms with Crippen LogP contribution in [0.1, 0.15) is 19.8 Å². The molecule has 1 heterocycles. The number of rotatable bonds is 7. The third kappa shape index (κ3) is 3.65. The van der Waals surface area contributed by atoms with Gasteiger partial charge in [-0.15, -0.1) is 6.58 Å². The maximum Gasteiger partial charge on any atom is 0.262 e. The first kappa shape index (κ1) is 18.2. The number of aromatic nitrogens is 2. The lowest BCUT2D eigenvalue weighted by molar-refractivity contribution is -0.119. The Hall–Kier alpha value is -2.59. The number of nitrogens with zero attached hydrogens (tertiary/aromatic N) is 3. The lowest BCUT2D eigenvalue weighted by Gasteiger charge is -2.22. The van der Waals surface area contributed by atoms with Crippen LogP contribution in [0.4, 0.5) is 0 Å². The van der Waals surface area contributed by atoms with Crippen LogP contribution in [-0.4, -0.2) is 26.8 Å². The van der Waals surface area contributed by atoms with E-state index in [-0.39, 0.29) is 23.1 Å². The smallest absolute Gasteiger partial charge is 0.262 e. The molecule has 1 fully saturated rings. The zero-order valence-corrected chi connectivity index (χ0v) is 15.4. The molecule has 0 aliphatic heterocycles. The number of para-hydroxylation sites is 1. The van der Waals surface area contributed by atoms with Gasteiger partial charge in [-0.05, 0) is 37.8 Å². The maximum atomic E-state index is 12.7. The summed E-state index contributed by atoms with van der Waals surface area (Å²) in [5.74, 6) is 0.0732. The minimum Gasteiger partial charge on any atom is -0.337 e. The molecule has 1 aliphatic rings. The first-order valence-corrected chi connectivity index (χ1v) is 9.42. The third-order valence-corrected chi connectivity index (χ3v) is 5.47. The second-order valence-corrected chi connectivity index (χ2v) is 7.48. The number of nitrogens with one attached hydrogen (secondary N) is 1. The number of carbonyl (C=O) groups is 1. The molecule has 1 aliphatic carbocycles. The number of benzene rings is 1. The van der Waals surface area contributed by atoms with Crippen LogP contribution in [0, 0.1) is 17.2 Å². The number of nitriles is 1. The molecule has 0 radical (unpaired) electrons. The van der Waals surface area contributed by atoms with Crippen molar-refractivity contribution in [2.75, 3.05) is 5.75 Å². The fourth-order valence-electron chi connectivity index (χ4n) is 2.89. The van der Waals surface area contributed by atoms with E-state index >= 15 is 0 Å². The van der Waals surface area contributed by atoms with E-state index in [1.54, 1.807) is 31.2 Å². The second kappa shape index (κ2) is 7.34. The van der Waals surface area contributed by atoms with Gasteiger partial charge >= 0.3 is 0 Å². The third-order valence-electron chi connectivity index (χ3n) is 4.50. The number of carbonyl (C=O) groups excluding carboxylic acids is 1. The molecule has 26 heavy (non-hydrogen) atoms. The van der Waals surface area contributed by atoms with E-state index in [0.29, 0.717) is 22.6 Å². The molecule has 1 amide bonds. The van der Waals surface area contributed by atoms with Crippen molar-refractivity contribution >= 4 is 28.6 Å². The van der Waals surface area contributed by atoms with Gasteiger partial charge in [0.15, 0.2) is 5.16 Å². The Labute approximate surface area is 155 Å². The quantitative estimate of drug-likeness (QED) is 0.461. The molecule has 6 nitrogen and oxygen atoms in total. The Morgan fingerprint density at radius 3 is 2.92 bits per heavy atom. The number of fused-ring (bicyclic) bond motifs is 1. The van der Waals surface area contributed by atoms with Crippen molar-refractivity contribution in [3.05, 3.63) is 47.3 Å². The second-order valence-electron chi connectivity index (χ2n) is 6.54. The van der Waals surface area contributed by atoms with Gasteiger partial charge < -0.3 is 5.32 Å². The van der Waals surface area contributed by atoms with Crippen molar-refractivity contribution in [3.63, 3.8) is 0 Å². The Morgan fingerprint density at radius 1 is 1.54 bits per heavy atom. The van der Waals surface area contributed by atoms with E-state index < -0.39 is 5.54 Å². The van der Waals surface area contributed by atoms with Gasteiger partial charge in [0.2, 0.25) is 5.91 Å². The first-order valence-electron chi connectivity index (χ1n) is 8.44. The highest BCUT2D eigenvalue weighted by molar-refractivity contribution is 7.99. The van der Waals surface area contributed by atoms with Gasteiger partial charge in [0, 0.05) is 6.54 Å². The van der Waals surface area contributed by atoms with Crippen LogP contribution in [0.3, 0.4) is 0 Å². The summed E-state index contributed by atoms with van der Waals surface area (Å²) in [6.07, 6.45) is 3.55. The highest BCUT2D eigenvalue weighted by Crippen LogP contribution is 2.39. The van der Waals surface area contributed by atoms with Gasteiger partial charge in [-0.2, -0.15) is 5.26 Å². The lowest BCUT2D eigenvalue weighted by atomic mass is 9.98. The Balaban J connectivity index is 1.81. The van der Waals surface area contributed by atoms with Crippen LogP contribution in [0.2, 0.25) is 0 Å². The molecule has 1 N–H and O–H groups in total. The predicted octanol–water partition coefficient (Wildman–Crippen LogP) is 2.48. The molecule has 7 heteroatoms. The van der Waals surface area contributed by atoms with E-state index in [2.05, 4.69) is 22.9 Å². The minimum absolute atomic E-state index is 0.0892. The summed E-state index contributed by atoms with van der Waals surface area (Å²) in [4.78, 5) is 29.5. The van der Waals surface area contributed by atoms with E-state index in [9.17, 15) is 14.9 Å². The van der Waals surface area contributed by atoms with Crippen LogP contribution in [0.15, 0.2) is 46.9 Å². The van der Waals surface area contributed by atoms with E-state index in [1.807, 2.05) is 6.07 Å². The normalized spacial score (nSPS) is 15.8. The molecule has 1 saturated carbocycles. The zero-order valence-electron chi connectivity index (χ0n) is 14.6. The molecule has 1 aromatic carbocycles. The summed E-state index contributed by atoms with van der Waals surface area (Å²) in [7, 11) is 0. The van der Waals surface area contributed by atoms with Gasteiger partial charge in [0.05, 0.1) is 22.7 Å². The number of hydrogen-bond acceptors (Lipinski definition) is 5. The van der Waals surface area contributed by atoms with Crippen LogP contribution >= 0.6 is 11.8 Å². The summed E-state index contributed by atoms with van der Waals surface area (Å²) in [6.45, 7) is 5.76. The highest BCUT2D eigenvalue weighted by atomic mass is 32.2. The van der Waals surface area contributed by atoms with Crippen molar-refractivity contribution in [1.29, 1.82) is 5.26 Å². The predicted molar refractivity (Wildman–Crippen MR) is 102 cm³/mol. The molecule has 3 rings (SSSR count). The average Bonchev–Trinajstić information content (AvgIpc) is 3.48. The van der Waals surface area contributed by atoms with E-state index in [1.165, 1.54) is 16.3 Å². The lowest BCUT2D eigenvalue weighted by Crippen LogP contribution is -2.47. The van der Waals surface area contributed by atoms with Crippen molar-refractivity contribution < 1.29 is 4.79 Å². The van der Waals surface area contributed by atoms with E-state index in [0.717, 1.165) is 12.8 Å². The molecule has 134 valence electrons. The van der Waals surface area contributed by atoms with E-state index in [4.69, 9.17) is 0 Å². The average molecular weight is 368 g/mol. The topological polar surface area (TPSA) is 87.8 Å². The van der Waals surface area contributed by atoms with Crippen LogP contribution in [0.5, 0.6) is 0 Å². The first-order chi connectivity index (χ1) is 12.5.